The summed E-state index contributed by atoms with van der Waals surface area (Å²) in [7, 11) is 1.75. The molecule has 0 radical (unpaired) electrons. The van der Waals surface area contributed by atoms with Gasteiger partial charge in [-0.05, 0) is 25.7 Å². The molecule has 22 heavy (non-hydrogen) atoms. The molecule has 1 atom stereocenters. The molecule has 0 aromatic carbocycles. The summed E-state index contributed by atoms with van der Waals surface area (Å²) in [6.07, 6.45) is 6.91. The number of hydrogen-bond donors (Lipinski definition) is 0. The van der Waals surface area contributed by atoms with Crippen LogP contribution >= 0.6 is 11.6 Å². The Morgan fingerprint density at radius 1 is 1.45 bits per heavy atom. The Bertz CT molecular complexity index is 644. The van der Waals surface area contributed by atoms with Crippen molar-refractivity contribution < 1.29 is 4.74 Å². The number of halogens is 1. The monoisotopic (exact) mass is 323 g/mol. The first-order valence-corrected chi connectivity index (χ1v) is 8.27. The van der Waals surface area contributed by atoms with E-state index < -0.39 is 0 Å². The molecule has 0 saturated carbocycles. The van der Waals surface area contributed by atoms with Crippen LogP contribution in [0.25, 0.3) is 5.78 Å². The van der Waals surface area contributed by atoms with Crippen molar-refractivity contribution in [1.29, 1.82) is 0 Å². The van der Waals surface area contributed by atoms with Crippen molar-refractivity contribution in [2.24, 2.45) is 0 Å². The van der Waals surface area contributed by atoms with Crippen LogP contribution in [-0.2, 0) is 11.2 Å². The van der Waals surface area contributed by atoms with Crippen molar-refractivity contribution in [2.45, 2.75) is 45.1 Å². The number of fused-ring (bicyclic) bond motifs is 1. The molecular formula is C15H22ClN5O. The summed E-state index contributed by atoms with van der Waals surface area (Å²) in [4.78, 5) is 11.0. The summed E-state index contributed by atoms with van der Waals surface area (Å²) in [6, 6.07) is 0.358. The average Bonchev–Trinajstić information content (AvgIpc) is 3.14. The standard InChI is InChI=1S/C15H22ClN5O/c1-3-4-7-12-13(16)19-15-17-10-18-21(15)14(12)20-8-5-6-11(20)9-22-2/h10-11H,3-9H2,1-2H3/t11-/m0/s1. The minimum absolute atomic E-state index is 0.358. The zero-order chi connectivity index (χ0) is 15.5. The quantitative estimate of drug-likeness (QED) is 0.765. The van der Waals surface area contributed by atoms with Crippen LogP contribution in [0.5, 0.6) is 0 Å². The predicted octanol–water partition coefficient (Wildman–Crippen LogP) is 2.74. The third-order valence-electron chi connectivity index (χ3n) is 4.24. The van der Waals surface area contributed by atoms with E-state index >= 15 is 0 Å². The molecule has 1 fully saturated rings. The highest BCUT2D eigenvalue weighted by Crippen LogP contribution is 2.33. The summed E-state index contributed by atoms with van der Waals surface area (Å²) in [5, 5.41) is 4.92. The van der Waals surface area contributed by atoms with E-state index in [0.717, 1.165) is 50.0 Å². The van der Waals surface area contributed by atoms with Crippen molar-refractivity contribution in [3.8, 4) is 0 Å². The first kappa shape index (κ1) is 15.5. The minimum atomic E-state index is 0.358. The molecule has 3 heterocycles. The molecule has 2 aromatic heterocycles. The highest BCUT2D eigenvalue weighted by molar-refractivity contribution is 6.30. The number of unbranched alkanes of at least 4 members (excludes halogenated alkanes) is 1. The van der Waals surface area contributed by atoms with Crippen molar-refractivity contribution in [3.63, 3.8) is 0 Å². The number of nitrogens with zero attached hydrogens (tertiary/aromatic N) is 5. The first-order valence-electron chi connectivity index (χ1n) is 7.90. The molecule has 6 nitrogen and oxygen atoms in total. The second kappa shape index (κ2) is 6.79. The molecule has 1 saturated heterocycles. The molecule has 0 unspecified atom stereocenters. The van der Waals surface area contributed by atoms with Crippen molar-refractivity contribution >= 4 is 23.2 Å². The van der Waals surface area contributed by atoms with Gasteiger partial charge in [-0.2, -0.15) is 19.6 Å². The van der Waals surface area contributed by atoms with Crippen LogP contribution in [0.15, 0.2) is 6.33 Å². The van der Waals surface area contributed by atoms with Gasteiger partial charge in [0, 0.05) is 19.2 Å². The maximum Gasteiger partial charge on any atom is 0.255 e. The zero-order valence-corrected chi connectivity index (χ0v) is 13.9. The molecule has 0 bridgehead atoms. The van der Waals surface area contributed by atoms with E-state index in [1.54, 1.807) is 7.11 Å². The van der Waals surface area contributed by atoms with Gasteiger partial charge in [0.15, 0.2) is 0 Å². The van der Waals surface area contributed by atoms with Gasteiger partial charge < -0.3 is 9.64 Å². The Hall–Kier alpha value is -1.40. The van der Waals surface area contributed by atoms with Crippen LogP contribution in [0.3, 0.4) is 0 Å². The molecule has 1 aliphatic heterocycles. The Labute approximate surface area is 135 Å². The van der Waals surface area contributed by atoms with E-state index in [-0.39, 0.29) is 0 Å². The summed E-state index contributed by atoms with van der Waals surface area (Å²) in [6.45, 7) is 3.88. The smallest absolute Gasteiger partial charge is 0.255 e. The SMILES string of the molecule is CCCCc1c(Cl)nc2ncnn2c1N1CCC[C@H]1COC. The van der Waals surface area contributed by atoms with Crippen LogP contribution in [0, 0.1) is 0 Å². The van der Waals surface area contributed by atoms with E-state index in [1.807, 2.05) is 4.52 Å². The molecule has 2 aromatic rings. The summed E-state index contributed by atoms with van der Waals surface area (Å²) in [5.41, 5.74) is 1.07. The Kier molecular flexibility index (Phi) is 4.78. The van der Waals surface area contributed by atoms with Gasteiger partial charge in [0.2, 0.25) is 0 Å². The number of rotatable bonds is 6. The van der Waals surface area contributed by atoms with Crippen LogP contribution in [0.4, 0.5) is 5.82 Å². The summed E-state index contributed by atoms with van der Waals surface area (Å²) < 4.78 is 7.21. The zero-order valence-electron chi connectivity index (χ0n) is 13.1. The largest absolute Gasteiger partial charge is 0.383 e. The number of methoxy groups -OCH3 is 1. The van der Waals surface area contributed by atoms with Gasteiger partial charge in [-0.1, -0.05) is 24.9 Å². The lowest BCUT2D eigenvalue weighted by molar-refractivity contribution is 0.180. The minimum Gasteiger partial charge on any atom is -0.383 e. The van der Waals surface area contributed by atoms with Crippen LogP contribution in [0.1, 0.15) is 38.2 Å². The second-order valence-electron chi connectivity index (χ2n) is 5.72. The lowest BCUT2D eigenvalue weighted by Gasteiger charge is -2.28. The van der Waals surface area contributed by atoms with Gasteiger partial charge in [0.05, 0.1) is 12.6 Å². The van der Waals surface area contributed by atoms with Gasteiger partial charge in [-0.25, -0.2) is 0 Å². The molecule has 1 aliphatic rings. The number of ether oxygens (including phenoxy) is 1. The highest BCUT2D eigenvalue weighted by atomic mass is 35.5. The number of anilines is 1. The van der Waals surface area contributed by atoms with Crippen molar-refractivity contribution in [3.05, 3.63) is 17.0 Å². The Morgan fingerprint density at radius 2 is 2.32 bits per heavy atom. The fourth-order valence-electron chi connectivity index (χ4n) is 3.18. The molecule has 0 aliphatic carbocycles. The molecule has 0 spiro atoms. The van der Waals surface area contributed by atoms with E-state index in [2.05, 4.69) is 26.9 Å². The fourth-order valence-corrected chi connectivity index (χ4v) is 3.43. The average molecular weight is 324 g/mol. The van der Waals surface area contributed by atoms with Crippen LogP contribution in [0.2, 0.25) is 5.15 Å². The van der Waals surface area contributed by atoms with Crippen molar-refractivity contribution in [1.82, 2.24) is 19.6 Å². The van der Waals surface area contributed by atoms with E-state index in [9.17, 15) is 0 Å². The van der Waals surface area contributed by atoms with Crippen LogP contribution in [-0.4, -0.2) is 45.9 Å². The fraction of sp³-hybridized carbons (Fsp3) is 0.667. The Balaban J connectivity index is 2.09. The highest BCUT2D eigenvalue weighted by Gasteiger charge is 2.30. The number of aromatic nitrogens is 4. The summed E-state index contributed by atoms with van der Waals surface area (Å²) >= 11 is 6.45. The topological polar surface area (TPSA) is 55.5 Å². The van der Waals surface area contributed by atoms with Gasteiger partial charge in [-0.3, -0.25) is 0 Å². The third kappa shape index (κ3) is 2.77. The Morgan fingerprint density at radius 3 is 3.09 bits per heavy atom. The molecule has 120 valence electrons. The first-order chi connectivity index (χ1) is 10.8. The number of hydrogen-bond acceptors (Lipinski definition) is 5. The normalized spacial score (nSPS) is 18.5. The molecular weight excluding hydrogens is 302 g/mol. The second-order valence-corrected chi connectivity index (χ2v) is 6.08. The van der Waals surface area contributed by atoms with Crippen LogP contribution < -0.4 is 4.90 Å². The predicted molar refractivity (Wildman–Crippen MR) is 86.6 cm³/mol. The van der Waals surface area contributed by atoms with Gasteiger partial charge in [-0.15, -0.1) is 0 Å². The maximum atomic E-state index is 6.45. The molecule has 3 rings (SSSR count). The summed E-state index contributed by atoms with van der Waals surface area (Å²) in [5.74, 6) is 1.60. The van der Waals surface area contributed by atoms with E-state index in [4.69, 9.17) is 16.3 Å². The van der Waals surface area contributed by atoms with Gasteiger partial charge in [0.1, 0.15) is 17.3 Å². The molecule has 0 amide bonds. The van der Waals surface area contributed by atoms with Gasteiger partial charge >= 0.3 is 0 Å². The van der Waals surface area contributed by atoms with Gasteiger partial charge in [0.25, 0.3) is 5.78 Å². The molecule has 0 N–H and O–H groups in total. The van der Waals surface area contributed by atoms with E-state index in [0.29, 0.717) is 23.6 Å². The van der Waals surface area contributed by atoms with E-state index in [1.165, 1.54) is 6.33 Å². The lowest BCUT2D eigenvalue weighted by Crippen LogP contribution is -2.35. The maximum absolute atomic E-state index is 6.45. The third-order valence-corrected chi connectivity index (χ3v) is 4.55. The van der Waals surface area contributed by atoms with Crippen molar-refractivity contribution in [2.75, 3.05) is 25.2 Å². The molecule has 7 heteroatoms. The lowest BCUT2D eigenvalue weighted by atomic mass is 10.1.